The molecular weight excluding hydrogens is 510 g/mol. The number of unbranched alkanes of at least 4 members (excludes halogenated alkanes) is 3. The Labute approximate surface area is 230 Å². The number of phenols is 1. The van der Waals surface area contributed by atoms with Gasteiger partial charge in [-0.2, -0.15) is 11.8 Å². The number of hydrogen-bond acceptors (Lipinski definition) is 8. The molecule has 11 heteroatoms. The second-order valence-corrected chi connectivity index (χ2v) is 10.8. The number of thioether (sulfide) groups is 1. The first-order valence-electron chi connectivity index (χ1n) is 12.9. The number of nitrogens with zero attached hydrogens (tertiary/aromatic N) is 1. The molecule has 0 spiro atoms. The Morgan fingerprint density at radius 3 is 2.37 bits per heavy atom. The highest BCUT2D eigenvalue weighted by Gasteiger charge is 2.37. The second-order valence-electron chi connectivity index (χ2n) is 9.83. The molecule has 3 amide bonds. The molecule has 1 rings (SSSR count). The predicted octanol–water partition coefficient (Wildman–Crippen LogP) is 3.78. The van der Waals surface area contributed by atoms with E-state index in [0.717, 1.165) is 19.3 Å². The number of para-hydroxylation sites is 1. The lowest BCUT2D eigenvalue weighted by Crippen LogP contribution is -2.53. The number of rotatable bonds is 15. The standard InChI is InChI=1S/C27H43N3O7S/c1-7-8-9-12-16-30(25(34)20(15-17-38-6)29-26(35)37-27(2,3)4)23(19-13-10-11-14-21(19)31)24(33)28-18-22(32)36-5/h10-11,13-14,20,23,31H,7-9,12,15-18H2,1-6H3,(H,28,33)(H,29,35). The minimum absolute atomic E-state index is 0.169. The van der Waals surface area contributed by atoms with Gasteiger partial charge in [-0.05, 0) is 51.7 Å². The fraction of sp³-hybridized carbons (Fsp3) is 0.630. The Bertz CT molecular complexity index is 920. The average molecular weight is 554 g/mol. The molecule has 0 aliphatic rings. The summed E-state index contributed by atoms with van der Waals surface area (Å²) in [4.78, 5) is 53.2. The van der Waals surface area contributed by atoms with E-state index < -0.39 is 48.1 Å². The molecule has 0 aliphatic carbocycles. The summed E-state index contributed by atoms with van der Waals surface area (Å²) in [6, 6.07) is 4.04. The zero-order chi connectivity index (χ0) is 28.7. The van der Waals surface area contributed by atoms with Crippen molar-refractivity contribution >= 4 is 35.6 Å². The lowest BCUT2D eigenvalue weighted by Gasteiger charge is -2.34. The molecule has 0 aliphatic heterocycles. The molecule has 0 aromatic heterocycles. The van der Waals surface area contributed by atoms with Crippen LogP contribution in [0.3, 0.4) is 0 Å². The number of carbonyl (C=O) groups is 4. The number of carbonyl (C=O) groups excluding carboxylic acids is 4. The number of aromatic hydroxyl groups is 1. The van der Waals surface area contributed by atoms with Crippen molar-refractivity contribution in [1.82, 2.24) is 15.5 Å². The molecule has 2 atom stereocenters. The van der Waals surface area contributed by atoms with Crippen LogP contribution in [0.15, 0.2) is 24.3 Å². The van der Waals surface area contributed by atoms with Crippen LogP contribution in [0.25, 0.3) is 0 Å². The highest BCUT2D eigenvalue weighted by Crippen LogP contribution is 2.30. The minimum Gasteiger partial charge on any atom is -0.508 e. The van der Waals surface area contributed by atoms with Crippen molar-refractivity contribution < 1.29 is 33.8 Å². The van der Waals surface area contributed by atoms with Crippen molar-refractivity contribution in [2.45, 2.75) is 77.5 Å². The van der Waals surface area contributed by atoms with Crippen molar-refractivity contribution in [1.29, 1.82) is 0 Å². The number of amides is 3. The van der Waals surface area contributed by atoms with Gasteiger partial charge in [0.05, 0.1) is 7.11 Å². The Balaban J connectivity index is 3.47. The fourth-order valence-electron chi connectivity index (χ4n) is 3.72. The Hall–Kier alpha value is -2.95. The van der Waals surface area contributed by atoms with Gasteiger partial charge in [-0.25, -0.2) is 4.79 Å². The van der Waals surface area contributed by atoms with Crippen molar-refractivity contribution in [3.63, 3.8) is 0 Å². The summed E-state index contributed by atoms with van der Waals surface area (Å²) in [5.74, 6) is -1.38. The van der Waals surface area contributed by atoms with Gasteiger partial charge < -0.3 is 30.1 Å². The van der Waals surface area contributed by atoms with Crippen molar-refractivity contribution in [2.75, 3.05) is 32.2 Å². The largest absolute Gasteiger partial charge is 0.508 e. The number of benzene rings is 1. The lowest BCUT2D eigenvalue weighted by atomic mass is 10.0. The van der Waals surface area contributed by atoms with Crippen molar-refractivity contribution in [3.8, 4) is 5.75 Å². The van der Waals surface area contributed by atoms with Gasteiger partial charge in [0.15, 0.2) is 0 Å². The zero-order valence-corrected chi connectivity index (χ0v) is 24.2. The second kappa shape index (κ2) is 16.8. The van der Waals surface area contributed by atoms with Crippen LogP contribution in [0, 0.1) is 0 Å². The van der Waals surface area contributed by atoms with Gasteiger partial charge in [-0.15, -0.1) is 0 Å². The predicted molar refractivity (Wildman–Crippen MR) is 148 cm³/mol. The fourth-order valence-corrected chi connectivity index (χ4v) is 4.19. The number of ether oxygens (including phenoxy) is 2. The molecule has 3 N–H and O–H groups in total. The van der Waals surface area contributed by atoms with E-state index in [1.807, 2.05) is 6.26 Å². The van der Waals surface area contributed by atoms with E-state index >= 15 is 0 Å². The molecule has 0 saturated heterocycles. The zero-order valence-electron chi connectivity index (χ0n) is 23.4. The number of nitrogens with one attached hydrogen (secondary N) is 2. The summed E-state index contributed by atoms with van der Waals surface area (Å²) in [6.45, 7) is 7.05. The molecular formula is C27H43N3O7S. The molecule has 1 aromatic rings. The quantitative estimate of drug-likeness (QED) is 0.221. The van der Waals surface area contributed by atoms with E-state index in [2.05, 4.69) is 22.3 Å². The first-order chi connectivity index (χ1) is 17.9. The molecule has 1 aromatic carbocycles. The maximum Gasteiger partial charge on any atom is 0.408 e. The summed E-state index contributed by atoms with van der Waals surface area (Å²) in [5, 5.41) is 15.8. The lowest BCUT2D eigenvalue weighted by molar-refractivity contribution is -0.144. The van der Waals surface area contributed by atoms with Crippen LogP contribution in [-0.2, 0) is 23.9 Å². The first kappa shape index (κ1) is 33.1. The summed E-state index contributed by atoms with van der Waals surface area (Å²) in [6.07, 6.45) is 4.82. The normalized spacial score (nSPS) is 12.7. The molecule has 0 fully saturated rings. The van der Waals surface area contributed by atoms with E-state index in [1.165, 1.54) is 29.8 Å². The van der Waals surface area contributed by atoms with Crippen LogP contribution in [-0.4, -0.2) is 77.7 Å². The van der Waals surface area contributed by atoms with Gasteiger partial charge in [0, 0.05) is 12.1 Å². The van der Waals surface area contributed by atoms with Crippen LogP contribution >= 0.6 is 11.8 Å². The van der Waals surface area contributed by atoms with Crippen molar-refractivity contribution in [3.05, 3.63) is 29.8 Å². The summed E-state index contributed by atoms with van der Waals surface area (Å²) in [7, 11) is 1.21. The van der Waals surface area contributed by atoms with E-state index in [0.29, 0.717) is 18.6 Å². The number of methoxy groups -OCH3 is 1. The third-order valence-corrected chi connectivity index (χ3v) is 6.21. The molecule has 38 heavy (non-hydrogen) atoms. The molecule has 10 nitrogen and oxygen atoms in total. The molecule has 0 bridgehead atoms. The van der Waals surface area contributed by atoms with E-state index in [9.17, 15) is 24.3 Å². The Morgan fingerprint density at radius 1 is 1.11 bits per heavy atom. The highest BCUT2D eigenvalue weighted by molar-refractivity contribution is 7.98. The smallest absolute Gasteiger partial charge is 0.408 e. The summed E-state index contributed by atoms with van der Waals surface area (Å²) in [5.41, 5.74) is -0.553. The number of esters is 1. The third kappa shape index (κ3) is 11.6. The SMILES string of the molecule is CCCCCCN(C(=O)C(CCSC)NC(=O)OC(C)(C)C)C(C(=O)NCC(=O)OC)c1ccccc1O. The Kier molecular flexibility index (Phi) is 14.6. The number of alkyl carbamates (subject to hydrolysis) is 1. The number of hydrogen-bond donors (Lipinski definition) is 3. The van der Waals surface area contributed by atoms with E-state index in [1.54, 1.807) is 39.0 Å². The van der Waals surface area contributed by atoms with Gasteiger partial charge in [-0.3, -0.25) is 14.4 Å². The topological polar surface area (TPSA) is 134 Å². The molecule has 0 saturated carbocycles. The maximum atomic E-state index is 14.0. The van der Waals surface area contributed by atoms with E-state index in [-0.39, 0.29) is 17.9 Å². The molecule has 214 valence electrons. The van der Waals surface area contributed by atoms with Crippen LogP contribution in [0.1, 0.15) is 71.4 Å². The first-order valence-corrected chi connectivity index (χ1v) is 14.3. The van der Waals surface area contributed by atoms with Gasteiger partial charge in [0.2, 0.25) is 11.8 Å². The molecule has 2 unspecified atom stereocenters. The van der Waals surface area contributed by atoms with Crippen molar-refractivity contribution in [2.24, 2.45) is 0 Å². The van der Waals surface area contributed by atoms with Crippen LogP contribution < -0.4 is 10.6 Å². The minimum atomic E-state index is -1.24. The number of phenolic OH excluding ortho intramolecular Hbond substituents is 1. The summed E-state index contributed by atoms with van der Waals surface area (Å²) >= 11 is 1.52. The van der Waals surface area contributed by atoms with E-state index in [4.69, 9.17) is 4.74 Å². The van der Waals surface area contributed by atoms with Gasteiger partial charge in [-0.1, -0.05) is 44.4 Å². The Morgan fingerprint density at radius 2 is 1.79 bits per heavy atom. The van der Waals surface area contributed by atoms with Gasteiger partial charge in [0.25, 0.3) is 0 Å². The van der Waals surface area contributed by atoms with Gasteiger partial charge in [0.1, 0.15) is 30.0 Å². The van der Waals surface area contributed by atoms with Crippen LogP contribution in [0.2, 0.25) is 0 Å². The van der Waals surface area contributed by atoms with Crippen LogP contribution in [0.5, 0.6) is 5.75 Å². The third-order valence-electron chi connectivity index (χ3n) is 5.56. The molecule has 0 heterocycles. The maximum absolute atomic E-state index is 14.0. The summed E-state index contributed by atoms with van der Waals surface area (Å²) < 4.78 is 10.0. The highest BCUT2D eigenvalue weighted by atomic mass is 32.2. The van der Waals surface area contributed by atoms with Gasteiger partial charge >= 0.3 is 12.1 Å². The molecule has 0 radical (unpaired) electrons. The average Bonchev–Trinajstić information content (AvgIpc) is 2.86. The van der Waals surface area contributed by atoms with Crippen LogP contribution in [0.4, 0.5) is 4.79 Å². The monoisotopic (exact) mass is 553 g/mol.